The molecule has 1 N–H and O–H groups in total. The standard InChI is InChI=1S/C17H25N3O/c1-12-10-15(18-2)14(11-19-12)17(21)20-9-5-8-16(20)13-6-3-4-7-13/h10-11,13,16H,3-9H2,1-2H3,(H,18,19). The molecule has 1 aromatic heterocycles. The molecule has 0 spiro atoms. The van der Waals surface area contributed by atoms with Gasteiger partial charge in [-0.15, -0.1) is 0 Å². The van der Waals surface area contributed by atoms with Crippen molar-refractivity contribution in [3.63, 3.8) is 0 Å². The molecule has 1 atom stereocenters. The van der Waals surface area contributed by atoms with Crippen LogP contribution in [0.3, 0.4) is 0 Å². The maximum absolute atomic E-state index is 13.0. The van der Waals surface area contributed by atoms with Crippen LogP contribution in [0.4, 0.5) is 5.69 Å². The maximum atomic E-state index is 13.0. The minimum absolute atomic E-state index is 0.154. The molecule has 1 aliphatic heterocycles. The summed E-state index contributed by atoms with van der Waals surface area (Å²) in [6.07, 6.45) is 9.28. The largest absolute Gasteiger partial charge is 0.387 e. The summed E-state index contributed by atoms with van der Waals surface area (Å²) < 4.78 is 0. The van der Waals surface area contributed by atoms with Crippen LogP contribution in [0, 0.1) is 12.8 Å². The number of anilines is 1. The average Bonchev–Trinajstić information content (AvgIpc) is 3.16. The number of nitrogens with zero attached hydrogens (tertiary/aromatic N) is 2. The summed E-state index contributed by atoms with van der Waals surface area (Å²) in [5.41, 5.74) is 2.54. The number of carbonyl (C=O) groups excluding carboxylic acids is 1. The summed E-state index contributed by atoms with van der Waals surface area (Å²) in [6, 6.07) is 2.40. The van der Waals surface area contributed by atoms with Crippen LogP contribution in [-0.2, 0) is 0 Å². The van der Waals surface area contributed by atoms with Crippen LogP contribution in [0.1, 0.15) is 54.6 Å². The summed E-state index contributed by atoms with van der Waals surface area (Å²) >= 11 is 0. The van der Waals surface area contributed by atoms with E-state index in [2.05, 4.69) is 15.2 Å². The Bertz CT molecular complexity index is 523. The predicted octanol–water partition coefficient (Wildman–Crippen LogP) is 3.23. The van der Waals surface area contributed by atoms with Gasteiger partial charge in [-0.25, -0.2) is 0 Å². The molecule has 0 bridgehead atoms. The second-order valence-corrected chi connectivity index (χ2v) is 6.37. The van der Waals surface area contributed by atoms with E-state index in [1.165, 1.54) is 32.1 Å². The Morgan fingerprint density at radius 3 is 2.76 bits per heavy atom. The molecule has 21 heavy (non-hydrogen) atoms. The lowest BCUT2D eigenvalue weighted by atomic mass is 9.95. The van der Waals surface area contributed by atoms with Gasteiger partial charge in [0.25, 0.3) is 5.91 Å². The fourth-order valence-electron chi connectivity index (χ4n) is 3.97. The Morgan fingerprint density at radius 2 is 2.05 bits per heavy atom. The summed E-state index contributed by atoms with van der Waals surface area (Å²) in [7, 11) is 1.87. The van der Waals surface area contributed by atoms with E-state index in [0.29, 0.717) is 17.5 Å². The molecule has 4 nitrogen and oxygen atoms in total. The van der Waals surface area contributed by atoms with Crippen LogP contribution in [0.25, 0.3) is 0 Å². The molecule has 1 aliphatic carbocycles. The van der Waals surface area contributed by atoms with E-state index in [-0.39, 0.29) is 5.91 Å². The number of amides is 1. The molecule has 1 aromatic rings. The first kappa shape index (κ1) is 14.4. The second-order valence-electron chi connectivity index (χ2n) is 6.37. The number of carbonyl (C=O) groups is 1. The molecule has 2 aliphatic rings. The Morgan fingerprint density at radius 1 is 1.29 bits per heavy atom. The van der Waals surface area contributed by atoms with Crippen molar-refractivity contribution in [2.45, 2.75) is 51.5 Å². The first-order valence-electron chi connectivity index (χ1n) is 8.16. The third-order valence-corrected chi connectivity index (χ3v) is 5.04. The van der Waals surface area contributed by atoms with E-state index in [4.69, 9.17) is 0 Å². The van der Waals surface area contributed by atoms with Crippen LogP contribution < -0.4 is 5.32 Å². The zero-order valence-corrected chi connectivity index (χ0v) is 13.1. The maximum Gasteiger partial charge on any atom is 0.257 e. The zero-order chi connectivity index (χ0) is 14.8. The Kier molecular flexibility index (Phi) is 4.13. The number of aromatic nitrogens is 1. The molecule has 0 aromatic carbocycles. The number of hydrogen-bond donors (Lipinski definition) is 1. The molecule has 1 saturated heterocycles. The van der Waals surface area contributed by atoms with Crippen molar-refractivity contribution in [1.29, 1.82) is 0 Å². The molecule has 0 radical (unpaired) electrons. The zero-order valence-electron chi connectivity index (χ0n) is 13.1. The highest BCUT2D eigenvalue weighted by atomic mass is 16.2. The Labute approximate surface area is 126 Å². The van der Waals surface area contributed by atoms with Gasteiger partial charge in [-0.1, -0.05) is 12.8 Å². The van der Waals surface area contributed by atoms with Crippen LogP contribution in [0.2, 0.25) is 0 Å². The number of nitrogens with one attached hydrogen (secondary N) is 1. The highest BCUT2D eigenvalue weighted by Crippen LogP contribution is 2.36. The molecule has 3 rings (SSSR count). The van der Waals surface area contributed by atoms with Crippen LogP contribution in [0.15, 0.2) is 12.3 Å². The van der Waals surface area contributed by atoms with Gasteiger partial charge in [0.15, 0.2) is 0 Å². The van der Waals surface area contributed by atoms with Gasteiger partial charge in [-0.2, -0.15) is 0 Å². The first-order valence-corrected chi connectivity index (χ1v) is 8.16. The van der Waals surface area contributed by atoms with E-state index in [9.17, 15) is 4.79 Å². The van der Waals surface area contributed by atoms with Crippen molar-refractivity contribution in [3.8, 4) is 0 Å². The van der Waals surface area contributed by atoms with Gasteiger partial charge in [0.1, 0.15) is 0 Å². The molecule has 2 heterocycles. The van der Waals surface area contributed by atoms with Crippen LogP contribution in [-0.4, -0.2) is 35.4 Å². The molecular formula is C17H25N3O. The number of hydrogen-bond acceptors (Lipinski definition) is 3. The molecule has 1 amide bonds. The van der Waals surface area contributed by atoms with Gasteiger partial charge < -0.3 is 10.2 Å². The number of aryl methyl sites for hydroxylation is 1. The van der Waals surface area contributed by atoms with Crippen LogP contribution in [0.5, 0.6) is 0 Å². The highest BCUT2D eigenvalue weighted by molar-refractivity contribution is 5.99. The lowest BCUT2D eigenvalue weighted by Crippen LogP contribution is -2.39. The predicted molar refractivity (Wildman–Crippen MR) is 84.5 cm³/mol. The van der Waals surface area contributed by atoms with Gasteiger partial charge in [0.2, 0.25) is 0 Å². The lowest BCUT2D eigenvalue weighted by molar-refractivity contribution is 0.0689. The molecule has 114 valence electrons. The van der Waals surface area contributed by atoms with Crippen molar-refractivity contribution < 1.29 is 4.79 Å². The lowest BCUT2D eigenvalue weighted by Gasteiger charge is -2.30. The topological polar surface area (TPSA) is 45.2 Å². The number of likely N-dealkylation sites (tertiary alicyclic amines) is 1. The fraction of sp³-hybridized carbons (Fsp3) is 0.647. The van der Waals surface area contributed by atoms with E-state index in [0.717, 1.165) is 24.3 Å². The Hall–Kier alpha value is -1.58. The van der Waals surface area contributed by atoms with E-state index in [1.807, 2.05) is 20.0 Å². The monoisotopic (exact) mass is 287 g/mol. The molecule has 2 fully saturated rings. The quantitative estimate of drug-likeness (QED) is 0.928. The highest BCUT2D eigenvalue weighted by Gasteiger charge is 2.36. The van der Waals surface area contributed by atoms with Crippen LogP contribution >= 0.6 is 0 Å². The summed E-state index contributed by atoms with van der Waals surface area (Å²) in [5.74, 6) is 0.870. The molecular weight excluding hydrogens is 262 g/mol. The van der Waals surface area contributed by atoms with Crippen molar-refractivity contribution in [2.24, 2.45) is 5.92 Å². The number of rotatable bonds is 3. The van der Waals surface area contributed by atoms with Crippen molar-refractivity contribution in [1.82, 2.24) is 9.88 Å². The summed E-state index contributed by atoms with van der Waals surface area (Å²) in [5, 5.41) is 3.14. The second kappa shape index (κ2) is 6.04. The molecule has 1 saturated carbocycles. The normalized spacial score (nSPS) is 22.8. The van der Waals surface area contributed by atoms with Crippen molar-refractivity contribution >= 4 is 11.6 Å². The van der Waals surface area contributed by atoms with Gasteiger partial charge in [-0.3, -0.25) is 9.78 Å². The average molecular weight is 287 g/mol. The SMILES string of the molecule is CNc1cc(C)ncc1C(=O)N1CCCC1C1CCCC1. The third-order valence-electron chi connectivity index (χ3n) is 5.04. The fourth-order valence-corrected chi connectivity index (χ4v) is 3.97. The van der Waals surface area contributed by atoms with Gasteiger partial charge in [0, 0.05) is 31.5 Å². The van der Waals surface area contributed by atoms with Gasteiger partial charge in [-0.05, 0) is 44.6 Å². The Balaban J connectivity index is 1.83. The van der Waals surface area contributed by atoms with E-state index < -0.39 is 0 Å². The smallest absolute Gasteiger partial charge is 0.257 e. The van der Waals surface area contributed by atoms with Gasteiger partial charge >= 0.3 is 0 Å². The minimum Gasteiger partial charge on any atom is -0.387 e. The first-order chi connectivity index (χ1) is 10.2. The van der Waals surface area contributed by atoms with Gasteiger partial charge in [0.05, 0.1) is 11.3 Å². The third kappa shape index (κ3) is 2.76. The number of pyridine rings is 1. The summed E-state index contributed by atoms with van der Waals surface area (Å²) in [4.78, 5) is 19.4. The molecule has 4 heteroatoms. The van der Waals surface area contributed by atoms with Crippen molar-refractivity contribution in [3.05, 3.63) is 23.5 Å². The van der Waals surface area contributed by atoms with E-state index in [1.54, 1.807) is 6.20 Å². The van der Waals surface area contributed by atoms with Crippen molar-refractivity contribution in [2.75, 3.05) is 18.9 Å². The summed E-state index contributed by atoms with van der Waals surface area (Å²) in [6.45, 7) is 2.85. The minimum atomic E-state index is 0.154. The van der Waals surface area contributed by atoms with E-state index >= 15 is 0 Å². The molecule has 1 unspecified atom stereocenters.